The Kier molecular flexibility index (Phi) is 4.06. The van der Waals surface area contributed by atoms with E-state index in [1.54, 1.807) is 19.1 Å². The number of halogens is 1. The lowest BCUT2D eigenvalue weighted by Gasteiger charge is -2.11. The Hall–Kier alpha value is -1.36. The van der Waals surface area contributed by atoms with Crippen LogP contribution in [0.5, 0.6) is 0 Å². The minimum atomic E-state index is -0.681. The van der Waals surface area contributed by atoms with E-state index in [0.717, 1.165) is 5.56 Å². The largest absolute Gasteiger partial charge is 0.368 e. The van der Waals surface area contributed by atoms with Gasteiger partial charge in [0, 0.05) is 4.47 Å². The first-order valence-corrected chi connectivity index (χ1v) is 5.57. The molecule has 0 fully saturated rings. The second-order valence-corrected chi connectivity index (χ2v) is 4.44. The summed E-state index contributed by atoms with van der Waals surface area (Å²) < 4.78 is 0.687. The molecule has 3 N–H and O–H groups in total. The molecule has 0 aliphatic carbocycles. The molecule has 86 valence electrons. The lowest BCUT2D eigenvalue weighted by Crippen LogP contribution is -2.42. The van der Waals surface area contributed by atoms with E-state index in [-0.39, 0.29) is 5.91 Å². The van der Waals surface area contributed by atoms with Gasteiger partial charge in [-0.3, -0.25) is 9.59 Å². The first kappa shape index (κ1) is 12.7. The maximum absolute atomic E-state index is 11.8. The van der Waals surface area contributed by atoms with E-state index in [1.807, 2.05) is 13.0 Å². The number of amides is 2. The van der Waals surface area contributed by atoms with Crippen molar-refractivity contribution < 1.29 is 9.59 Å². The lowest BCUT2D eigenvalue weighted by molar-refractivity contribution is -0.119. The van der Waals surface area contributed by atoms with Gasteiger partial charge in [-0.05, 0) is 41.9 Å². The van der Waals surface area contributed by atoms with Crippen molar-refractivity contribution in [2.24, 2.45) is 5.73 Å². The van der Waals surface area contributed by atoms with Gasteiger partial charge in [0.1, 0.15) is 6.04 Å². The molecule has 0 bridgehead atoms. The molecule has 0 aliphatic heterocycles. The molecule has 0 saturated heterocycles. The quantitative estimate of drug-likeness (QED) is 0.880. The molecule has 4 nitrogen and oxygen atoms in total. The van der Waals surface area contributed by atoms with Crippen LogP contribution in [0.25, 0.3) is 0 Å². The van der Waals surface area contributed by atoms with Gasteiger partial charge in [-0.25, -0.2) is 0 Å². The van der Waals surface area contributed by atoms with Crippen molar-refractivity contribution in [3.63, 3.8) is 0 Å². The topological polar surface area (TPSA) is 72.2 Å². The van der Waals surface area contributed by atoms with Crippen LogP contribution < -0.4 is 11.1 Å². The fourth-order valence-corrected chi connectivity index (χ4v) is 1.59. The fourth-order valence-electron chi connectivity index (χ4n) is 1.16. The average Bonchev–Trinajstić information content (AvgIpc) is 2.21. The maximum Gasteiger partial charge on any atom is 0.253 e. The van der Waals surface area contributed by atoms with Gasteiger partial charge >= 0.3 is 0 Å². The van der Waals surface area contributed by atoms with Gasteiger partial charge in [0.2, 0.25) is 5.91 Å². The van der Waals surface area contributed by atoms with Crippen molar-refractivity contribution in [2.75, 3.05) is 0 Å². The number of nitrogens with one attached hydrogen (secondary N) is 1. The summed E-state index contributed by atoms with van der Waals surface area (Å²) in [7, 11) is 0. The van der Waals surface area contributed by atoms with Crippen molar-refractivity contribution in [3.8, 4) is 0 Å². The number of carbonyl (C=O) groups excluding carboxylic acids is 2. The zero-order chi connectivity index (χ0) is 12.3. The standard InChI is InChI=1S/C11H13BrN2O2/c1-6-3-4-9(12)8(5-6)11(16)14-7(2)10(13)15/h3-5,7H,1-2H3,(H2,13,15)(H,14,16). The summed E-state index contributed by atoms with van der Waals surface area (Å²) in [5, 5.41) is 2.52. The minimum Gasteiger partial charge on any atom is -0.368 e. The molecule has 0 spiro atoms. The minimum absolute atomic E-state index is 0.318. The van der Waals surface area contributed by atoms with Crippen LogP contribution in [0.1, 0.15) is 22.8 Å². The molecule has 0 aliphatic rings. The van der Waals surface area contributed by atoms with E-state index < -0.39 is 11.9 Å². The van der Waals surface area contributed by atoms with E-state index in [9.17, 15) is 9.59 Å². The van der Waals surface area contributed by atoms with Crippen LogP contribution in [-0.4, -0.2) is 17.9 Å². The van der Waals surface area contributed by atoms with Crippen LogP contribution in [0, 0.1) is 6.92 Å². The first-order chi connectivity index (χ1) is 7.41. The highest BCUT2D eigenvalue weighted by Crippen LogP contribution is 2.18. The van der Waals surface area contributed by atoms with Crippen LogP contribution in [0.4, 0.5) is 0 Å². The third-order valence-electron chi connectivity index (χ3n) is 2.14. The number of primary amides is 1. The van der Waals surface area contributed by atoms with Crippen LogP contribution in [0.3, 0.4) is 0 Å². The molecule has 0 radical (unpaired) electrons. The Morgan fingerprint density at radius 3 is 2.62 bits per heavy atom. The molecule has 16 heavy (non-hydrogen) atoms. The van der Waals surface area contributed by atoms with Gasteiger partial charge < -0.3 is 11.1 Å². The number of benzene rings is 1. The van der Waals surface area contributed by atoms with Gasteiger partial charge in [-0.1, -0.05) is 11.6 Å². The van der Waals surface area contributed by atoms with Crippen molar-refractivity contribution >= 4 is 27.7 Å². The Morgan fingerprint density at radius 1 is 1.44 bits per heavy atom. The van der Waals surface area contributed by atoms with Gasteiger partial charge in [0.05, 0.1) is 5.56 Å². The predicted octanol–water partition coefficient (Wildman–Crippen LogP) is 1.36. The van der Waals surface area contributed by atoms with E-state index in [1.165, 1.54) is 0 Å². The predicted molar refractivity (Wildman–Crippen MR) is 65.0 cm³/mol. The second kappa shape index (κ2) is 5.12. The molecule has 2 amide bonds. The number of aryl methyl sites for hydroxylation is 1. The number of hydrogen-bond acceptors (Lipinski definition) is 2. The van der Waals surface area contributed by atoms with Crippen molar-refractivity contribution in [3.05, 3.63) is 33.8 Å². The molecule has 1 aromatic rings. The number of hydrogen-bond donors (Lipinski definition) is 2. The number of nitrogens with two attached hydrogens (primary N) is 1. The Labute approximate surface area is 102 Å². The number of carbonyl (C=O) groups is 2. The zero-order valence-corrected chi connectivity index (χ0v) is 10.7. The Balaban J connectivity index is 2.88. The van der Waals surface area contributed by atoms with Gasteiger partial charge in [-0.2, -0.15) is 0 Å². The summed E-state index contributed by atoms with van der Waals surface area (Å²) in [5.74, 6) is -0.876. The SMILES string of the molecule is Cc1ccc(Br)c(C(=O)NC(C)C(N)=O)c1. The lowest BCUT2D eigenvalue weighted by atomic mass is 10.1. The molecule has 0 heterocycles. The average molecular weight is 285 g/mol. The first-order valence-electron chi connectivity index (χ1n) is 4.78. The Morgan fingerprint density at radius 2 is 2.06 bits per heavy atom. The van der Waals surface area contributed by atoms with Crippen molar-refractivity contribution in [1.29, 1.82) is 0 Å². The van der Waals surface area contributed by atoms with E-state index in [4.69, 9.17) is 5.73 Å². The highest BCUT2D eigenvalue weighted by molar-refractivity contribution is 9.10. The summed E-state index contributed by atoms with van der Waals surface area (Å²) in [6, 6.07) is 4.74. The summed E-state index contributed by atoms with van der Waals surface area (Å²) >= 11 is 3.28. The molecule has 0 saturated carbocycles. The highest BCUT2D eigenvalue weighted by Gasteiger charge is 2.15. The number of rotatable bonds is 3. The van der Waals surface area contributed by atoms with Crippen molar-refractivity contribution in [2.45, 2.75) is 19.9 Å². The van der Waals surface area contributed by atoms with Gasteiger partial charge in [0.15, 0.2) is 0 Å². The molecular formula is C11H13BrN2O2. The van der Waals surface area contributed by atoms with Gasteiger partial charge in [0.25, 0.3) is 5.91 Å². The summed E-state index contributed by atoms with van der Waals surface area (Å²) in [6.07, 6.45) is 0. The van der Waals surface area contributed by atoms with E-state index >= 15 is 0 Å². The summed E-state index contributed by atoms with van der Waals surface area (Å²) in [4.78, 5) is 22.6. The van der Waals surface area contributed by atoms with E-state index in [2.05, 4.69) is 21.2 Å². The zero-order valence-electron chi connectivity index (χ0n) is 9.08. The molecule has 1 rings (SSSR count). The van der Waals surface area contributed by atoms with Crippen LogP contribution in [0.15, 0.2) is 22.7 Å². The smallest absolute Gasteiger partial charge is 0.253 e. The molecule has 0 aromatic heterocycles. The summed E-state index contributed by atoms with van der Waals surface area (Å²) in [6.45, 7) is 3.44. The van der Waals surface area contributed by atoms with Crippen LogP contribution in [0.2, 0.25) is 0 Å². The van der Waals surface area contributed by atoms with Crippen LogP contribution >= 0.6 is 15.9 Å². The van der Waals surface area contributed by atoms with Gasteiger partial charge in [-0.15, -0.1) is 0 Å². The molecular weight excluding hydrogens is 272 g/mol. The van der Waals surface area contributed by atoms with Crippen LogP contribution in [-0.2, 0) is 4.79 Å². The van der Waals surface area contributed by atoms with E-state index in [0.29, 0.717) is 10.0 Å². The molecule has 1 atom stereocenters. The normalized spacial score (nSPS) is 11.9. The Bertz CT molecular complexity index is 432. The molecule has 1 aromatic carbocycles. The highest BCUT2D eigenvalue weighted by atomic mass is 79.9. The third kappa shape index (κ3) is 3.06. The summed E-state index contributed by atoms with van der Waals surface area (Å²) in [5.41, 5.74) is 6.53. The fraction of sp³-hybridized carbons (Fsp3) is 0.273. The molecule has 1 unspecified atom stereocenters. The van der Waals surface area contributed by atoms with Crippen molar-refractivity contribution in [1.82, 2.24) is 5.32 Å². The molecule has 5 heteroatoms. The third-order valence-corrected chi connectivity index (χ3v) is 2.83. The monoisotopic (exact) mass is 284 g/mol. The second-order valence-electron chi connectivity index (χ2n) is 3.58. The maximum atomic E-state index is 11.8.